The second-order valence-corrected chi connectivity index (χ2v) is 7.61. The Hall–Kier alpha value is -3.85. The van der Waals surface area contributed by atoms with Gasteiger partial charge in [0.1, 0.15) is 12.4 Å². The summed E-state index contributed by atoms with van der Waals surface area (Å²) in [6, 6.07) is 36.0. The zero-order chi connectivity index (χ0) is 22.0. The third-order valence-corrected chi connectivity index (χ3v) is 5.30. The zero-order valence-corrected chi connectivity index (χ0v) is 17.9. The maximum absolute atomic E-state index is 11.4. The summed E-state index contributed by atoms with van der Waals surface area (Å²) in [5, 5.41) is 0. The van der Waals surface area contributed by atoms with Crippen LogP contribution < -0.4 is 9.47 Å². The van der Waals surface area contributed by atoms with Gasteiger partial charge in [0.2, 0.25) is 0 Å². The van der Waals surface area contributed by atoms with Crippen LogP contribution in [-0.4, -0.2) is 12.9 Å². The van der Waals surface area contributed by atoms with E-state index in [-0.39, 0.29) is 6.10 Å². The SMILES string of the molecule is O=Cc1ccc(OC(Cc2ccccc2)c2ccccc2)c(OCCc2ccccc2)c1. The van der Waals surface area contributed by atoms with E-state index in [1.54, 1.807) is 12.1 Å². The zero-order valence-electron chi connectivity index (χ0n) is 17.9. The summed E-state index contributed by atoms with van der Waals surface area (Å²) in [6.45, 7) is 0.497. The van der Waals surface area contributed by atoms with Crippen molar-refractivity contribution in [3.8, 4) is 11.5 Å². The largest absolute Gasteiger partial charge is 0.489 e. The van der Waals surface area contributed by atoms with Gasteiger partial charge in [-0.25, -0.2) is 0 Å². The average Bonchev–Trinajstić information content (AvgIpc) is 2.86. The van der Waals surface area contributed by atoms with E-state index in [1.165, 1.54) is 11.1 Å². The van der Waals surface area contributed by atoms with Gasteiger partial charge in [-0.3, -0.25) is 4.79 Å². The van der Waals surface area contributed by atoms with Crippen LogP contribution in [0, 0.1) is 0 Å². The highest BCUT2D eigenvalue weighted by molar-refractivity contribution is 5.76. The normalized spacial score (nSPS) is 11.5. The first-order valence-electron chi connectivity index (χ1n) is 10.8. The van der Waals surface area contributed by atoms with Crippen LogP contribution in [-0.2, 0) is 12.8 Å². The minimum atomic E-state index is -0.183. The first-order chi connectivity index (χ1) is 15.8. The summed E-state index contributed by atoms with van der Waals surface area (Å²) in [5.41, 5.74) is 4.04. The first-order valence-corrected chi connectivity index (χ1v) is 10.8. The minimum absolute atomic E-state index is 0.183. The molecule has 0 aliphatic heterocycles. The van der Waals surface area contributed by atoms with E-state index in [0.717, 1.165) is 24.7 Å². The van der Waals surface area contributed by atoms with Crippen molar-refractivity contribution in [2.24, 2.45) is 0 Å². The van der Waals surface area contributed by atoms with Crippen molar-refractivity contribution in [3.63, 3.8) is 0 Å². The molecule has 1 atom stereocenters. The number of aldehydes is 1. The van der Waals surface area contributed by atoms with Gasteiger partial charge in [0.25, 0.3) is 0 Å². The summed E-state index contributed by atoms with van der Waals surface area (Å²) in [6.07, 6.45) is 2.14. The second-order valence-electron chi connectivity index (χ2n) is 7.61. The summed E-state index contributed by atoms with van der Waals surface area (Å²) in [4.78, 5) is 11.4. The number of benzene rings is 4. The van der Waals surface area contributed by atoms with Gasteiger partial charge < -0.3 is 9.47 Å². The van der Waals surface area contributed by atoms with Gasteiger partial charge in [0.15, 0.2) is 11.5 Å². The van der Waals surface area contributed by atoms with Gasteiger partial charge >= 0.3 is 0 Å². The third-order valence-electron chi connectivity index (χ3n) is 5.30. The van der Waals surface area contributed by atoms with Crippen molar-refractivity contribution >= 4 is 6.29 Å². The van der Waals surface area contributed by atoms with Crippen molar-refractivity contribution in [1.82, 2.24) is 0 Å². The number of rotatable bonds is 10. The van der Waals surface area contributed by atoms with Crippen LogP contribution in [0.3, 0.4) is 0 Å². The molecule has 0 bridgehead atoms. The molecule has 32 heavy (non-hydrogen) atoms. The Balaban J connectivity index is 1.56. The van der Waals surface area contributed by atoms with E-state index in [4.69, 9.17) is 9.47 Å². The maximum Gasteiger partial charge on any atom is 0.162 e. The van der Waals surface area contributed by atoms with E-state index in [1.807, 2.05) is 60.7 Å². The molecule has 0 aliphatic carbocycles. The molecule has 4 rings (SSSR count). The molecule has 1 unspecified atom stereocenters. The van der Waals surface area contributed by atoms with Crippen LogP contribution in [0.4, 0.5) is 0 Å². The van der Waals surface area contributed by atoms with Crippen LogP contribution in [0.5, 0.6) is 11.5 Å². The molecular formula is C29H26O3. The van der Waals surface area contributed by atoms with Crippen molar-refractivity contribution < 1.29 is 14.3 Å². The summed E-state index contributed by atoms with van der Waals surface area (Å²) in [5.74, 6) is 1.22. The highest BCUT2D eigenvalue weighted by Gasteiger charge is 2.17. The Morgan fingerprint density at radius 3 is 1.97 bits per heavy atom. The summed E-state index contributed by atoms with van der Waals surface area (Å²) in [7, 11) is 0. The highest BCUT2D eigenvalue weighted by atomic mass is 16.5. The van der Waals surface area contributed by atoms with E-state index in [0.29, 0.717) is 23.7 Å². The fourth-order valence-corrected chi connectivity index (χ4v) is 3.61. The maximum atomic E-state index is 11.4. The molecule has 0 amide bonds. The molecule has 0 heterocycles. The molecule has 0 spiro atoms. The predicted octanol–water partition coefficient (Wildman–Crippen LogP) is 6.48. The monoisotopic (exact) mass is 422 g/mol. The Labute approximate surface area is 189 Å². The number of ether oxygens (including phenoxy) is 2. The average molecular weight is 423 g/mol. The molecular weight excluding hydrogens is 396 g/mol. The molecule has 0 radical (unpaired) electrons. The van der Waals surface area contributed by atoms with Crippen LogP contribution in [0.1, 0.15) is 33.2 Å². The molecule has 0 aromatic heterocycles. The highest BCUT2D eigenvalue weighted by Crippen LogP contribution is 2.33. The lowest BCUT2D eigenvalue weighted by molar-refractivity contribution is 0.112. The van der Waals surface area contributed by atoms with E-state index < -0.39 is 0 Å². The van der Waals surface area contributed by atoms with Gasteiger partial charge in [0, 0.05) is 18.4 Å². The van der Waals surface area contributed by atoms with Crippen LogP contribution in [0.15, 0.2) is 109 Å². The second kappa shape index (κ2) is 11.0. The van der Waals surface area contributed by atoms with Crippen LogP contribution >= 0.6 is 0 Å². The topological polar surface area (TPSA) is 35.5 Å². The van der Waals surface area contributed by atoms with Crippen molar-refractivity contribution in [3.05, 3.63) is 131 Å². The first kappa shape index (κ1) is 21.4. The number of hydrogen-bond donors (Lipinski definition) is 0. The Bertz CT molecular complexity index is 1110. The van der Waals surface area contributed by atoms with Crippen LogP contribution in [0.25, 0.3) is 0 Å². The molecule has 3 heteroatoms. The van der Waals surface area contributed by atoms with Gasteiger partial charge in [0.05, 0.1) is 6.61 Å². The van der Waals surface area contributed by atoms with Gasteiger partial charge in [-0.15, -0.1) is 0 Å². The van der Waals surface area contributed by atoms with E-state index >= 15 is 0 Å². The molecule has 160 valence electrons. The smallest absolute Gasteiger partial charge is 0.162 e. The molecule has 0 fully saturated rings. The Kier molecular flexibility index (Phi) is 7.33. The lowest BCUT2D eigenvalue weighted by atomic mass is 10.0. The fourth-order valence-electron chi connectivity index (χ4n) is 3.61. The molecule has 0 saturated heterocycles. The van der Waals surface area contributed by atoms with E-state index in [9.17, 15) is 4.79 Å². The predicted molar refractivity (Wildman–Crippen MR) is 127 cm³/mol. The molecule has 4 aromatic rings. The summed E-state index contributed by atoms with van der Waals surface area (Å²) < 4.78 is 12.6. The fraction of sp³-hybridized carbons (Fsp3) is 0.138. The van der Waals surface area contributed by atoms with Crippen molar-refractivity contribution in [1.29, 1.82) is 0 Å². The quantitative estimate of drug-likeness (QED) is 0.274. The minimum Gasteiger partial charge on any atom is -0.489 e. The summed E-state index contributed by atoms with van der Waals surface area (Å²) >= 11 is 0. The van der Waals surface area contributed by atoms with Crippen molar-refractivity contribution in [2.75, 3.05) is 6.61 Å². The molecule has 0 aliphatic rings. The number of carbonyl (C=O) groups is 1. The lowest BCUT2D eigenvalue weighted by Crippen LogP contribution is -2.12. The molecule has 4 aromatic carbocycles. The van der Waals surface area contributed by atoms with Gasteiger partial charge in [-0.2, -0.15) is 0 Å². The lowest BCUT2D eigenvalue weighted by Gasteiger charge is -2.22. The number of carbonyl (C=O) groups excluding carboxylic acids is 1. The van der Waals surface area contributed by atoms with Gasteiger partial charge in [-0.1, -0.05) is 91.0 Å². The Morgan fingerprint density at radius 1 is 0.688 bits per heavy atom. The molecule has 3 nitrogen and oxygen atoms in total. The molecule has 0 N–H and O–H groups in total. The van der Waals surface area contributed by atoms with Gasteiger partial charge in [-0.05, 0) is 34.9 Å². The third kappa shape index (κ3) is 5.86. The van der Waals surface area contributed by atoms with Crippen molar-refractivity contribution in [2.45, 2.75) is 18.9 Å². The molecule has 0 saturated carbocycles. The standard InChI is InChI=1S/C29H26O3/c30-22-25-16-17-27(29(21-25)31-19-18-23-10-4-1-5-11-23)32-28(26-14-8-3-9-15-26)20-24-12-6-2-7-13-24/h1-17,21-22,28H,18-20H2. The van der Waals surface area contributed by atoms with E-state index in [2.05, 4.69) is 36.4 Å². The Morgan fingerprint density at radius 2 is 1.31 bits per heavy atom. The number of hydrogen-bond acceptors (Lipinski definition) is 3. The van der Waals surface area contributed by atoms with Crippen LogP contribution in [0.2, 0.25) is 0 Å².